The molecule has 2 N–H and O–H groups in total. The first-order chi connectivity index (χ1) is 15.1. The molecule has 6 nitrogen and oxygen atoms in total. The van der Waals surface area contributed by atoms with Gasteiger partial charge in [0.15, 0.2) is 5.69 Å². The van der Waals surface area contributed by atoms with Crippen molar-refractivity contribution in [2.45, 2.75) is 57.8 Å². The highest BCUT2D eigenvalue weighted by atomic mass is 16.2. The van der Waals surface area contributed by atoms with Gasteiger partial charge in [-0.1, -0.05) is 12.1 Å². The van der Waals surface area contributed by atoms with Gasteiger partial charge in [-0.25, -0.2) is 5.43 Å². The molecule has 31 heavy (non-hydrogen) atoms. The quantitative estimate of drug-likeness (QED) is 0.513. The Kier molecular flexibility index (Phi) is 5.32. The third-order valence-corrected chi connectivity index (χ3v) is 7.82. The molecule has 2 aromatic rings. The first-order valence-corrected chi connectivity index (χ1v) is 11.8. The fourth-order valence-corrected chi connectivity index (χ4v) is 6.73. The van der Waals surface area contributed by atoms with E-state index in [1.165, 1.54) is 44.2 Å². The summed E-state index contributed by atoms with van der Waals surface area (Å²) in [4.78, 5) is 14.9. The van der Waals surface area contributed by atoms with Crippen LogP contribution in [0.1, 0.15) is 74.1 Å². The summed E-state index contributed by atoms with van der Waals surface area (Å²) in [5, 5.41) is 11.7. The SMILES string of the molecule is CCN(CC)c1ccc(/C=N\NC(=O)c2cc(C34CC5CC(CC(C5)C3)C4)[nH]n2)cc1. The van der Waals surface area contributed by atoms with Gasteiger partial charge in [-0.15, -0.1) is 0 Å². The molecule has 0 radical (unpaired) electrons. The largest absolute Gasteiger partial charge is 0.372 e. The first-order valence-electron chi connectivity index (χ1n) is 11.8. The number of aromatic nitrogens is 2. The van der Waals surface area contributed by atoms with Gasteiger partial charge in [0.1, 0.15) is 0 Å². The van der Waals surface area contributed by atoms with E-state index in [9.17, 15) is 4.79 Å². The zero-order chi connectivity index (χ0) is 21.4. The molecule has 6 rings (SSSR count). The number of rotatable bonds is 7. The number of H-pyrrole nitrogens is 1. The number of anilines is 1. The number of hydrogen-bond acceptors (Lipinski definition) is 4. The summed E-state index contributed by atoms with van der Waals surface area (Å²) < 4.78 is 0. The maximum atomic E-state index is 12.6. The minimum atomic E-state index is -0.261. The van der Waals surface area contributed by atoms with Crippen LogP contribution in [0.3, 0.4) is 0 Å². The fourth-order valence-electron chi connectivity index (χ4n) is 6.73. The van der Waals surface area contributed by atoms with Crippen LogP contribution in [0.5, 0.6) is 0 Å². The number of nitrogens with zero attached hydrogens (tertiary/aromatic N) is 3. The number of hydrogen-bond donors (Lipinski definition) is 2. The van der Waals surface area contributed by atoms with Gasteiger partial charge < -0.3 is 4.90 Å². The van der Waals surface area contributed by atoms with E-state index < -0.39 is 0 Å². The van der Waals surface area contributed by atoms with E-state index in [2.05, 4.69) is 51.6 Å². The molecule has 4 saturated carbocycles. The number of carbonyl (C=O) groups is 1. The van der Waals surface area contributed by atoms with E-state index >= 15 is 0 Å². The Bertz CT molecular complexity index is 921. The first kappa shape index (κ1) is 20.3. The fraction of sp³-hybridized carbons (Fsp3) is 0.560. The van der Waals surface area contributed by atoms with Crippen molar-refractivity contribution >= 4 is 17.8 Å². The van der Waals surface area contributed by atoms with Crippen molar-refractivity contribution in [2.24, 2.45) is 22.9 Å². The molecule has 164 valence electrons. The molecule has 0 saturated heterocycles. The summed E-state index contributed by atoms with van der Waals surface area (Å²) in [7, 11) is 0. The second-order valence-corrected chi connectivity index (χ2v) is 9.83. The van der Waals surface area contributed by atoms with Crippen LogP contribution in [0.25, 0.3) is 0 Å². The molecule has 1 aromatic heterocycles. The Morgan fingerprint density at radius 3 is 2.32 bits per heavy atom. The number of carbonyl (C=O) groups excluding carboxylic acids is 1. The van der Waals surface area contributed by atoms with Crippen LogP contribution >= 0.6 is 0 Å². The maximum Gasteiger partial charge on any atom is 0.291 e. The smallest absolute Gasteiger partial charge is 0.291 e. The third-order valence-electron chi connectivity index (χ3n) is 7.82. The molecule has 0 atom stereocenters. The van der Waals surface area contributed by atoms with E-state index in [1.807, 2.05) is 18.2 Å². The molecular weight excluding hydrogens is 386 g/mol. The molecule has 1 aromatic carbocycles. The van der Waals surface area contributed by atoms with Gasteiger partial charge >= 0.3 is 0 Å². The summed E-state index contributed by atoms with van der Waals surface area (Å²) in [5.74, 6) is 2.34. The third kappa shape index (κ3) is 3.88. The van der Waals surface area contributed by atoms with E-state index in [0.29, 0.717) is 5.69 Å². The predicted octanol–water partition coefficient (Wildman–Crippen LogP) is 4.49. The molecule has 4 bridgehead atoms. The van der Waals surface area contributed by atoms with Gasteiger partial charge in [0.25, 0.3) is 5.91 Å². The molecular formula is C25H33N5O. The van der Waals surface area contributed by atoms with E-state index in [1.54, 1.807) is 6.21 Å². The van der Waals surface area contributed by atoms with Gasteiger partial charge in [0.05, 0.1) is 6.21 Å². The summed E-state index contributed by atoms with van der Waals surface area (Å²) in [6.45, 7) is 6.26. The topological polar surface area (TPSA) is 73.4 Å². The van der Waals surface area contributed by atoms with Gasteiger partial charge in [-0.2, -0.15) is 10.2 Å². The van der Waals surface area contributed by atoms with Crippen LogP contribution in [-0.4, -0.2) is 35.4 Å². The zero-order valence-corrected chi connectivity index (χ0v) is 18.6. The van der Waals surface area contributed by atoms with E-state index in [0.717, 1.165) is 42.1 Å². The molecule has 1 heterocycles. The van der Waals surface area contributed by atoms with Crippen LogP contribution < -0.4 is 10.3 Å². The Labute approximate surface area is 184 Å². The number of aromatic amines is 1. The number of amides is 1. The van der Waals surface area contributed by atoms with Gasteiger partial charge in [-0.05, 0) is 93.9 Å². The Morgan fingerprint density at radius 1 is 1.13 bits per heavy atom. The highest BCUT2D eigenvalue weighted by molar-refractivity contribution is 5.93. The predicted molar refractivity (Wildman–Crippen MR) is 124 cm³/mol. The van der Waals surface area contributed by atoms with Crippen LogP contribution in [0.15, 0.2) is 35.4 Å². The monoisotopic (exact) mass is 419 g/mol. The minimum absolute atomic E-state index is 0.218. The maximum absolute atomic E-state index is 12.6. The molecule has 4 fully saturated rings. The van der Waals surface area contributed by atoms with Crippen molar-refractivity contribution in [2.75, 3.05) is 18.0 Å². The van der Waals surface area contributed by atoms with Crippen molar-refractivity contribution in [3.05, 3.63) is 47.3 Å². The number of nitrogens with one attached hydrogen (secondary N) is 2. The van der Waals surface area contributed by atoms with Crippen LogP contribution in [-0.2, 0) is 5.41 Å². The Morgan fingerprint density at radius 2 is 1.74 bits per heavy atom. The lowest BCUT2D eigenvalue weighted by Crippen LogP contribution is -2.48. The van der Waals surface area contributed by atoms with Crippen molar-refractivity contribution in [3.63, 3.8) is 0 Å². The van der Waals surface area contributed by atoms with Crippen molar-refractivity contribution in [3.8, 4) is 0 Å². The summed E-state index contributed by atoms with van der Waals surface area (Å²) >= 11 is 0. The number of benzene rings is 1. The number of hydrazone groups is 1. The summed E-state index contributed by atoms with van der Waals surface area (Å²) in [6, 6.07) is 10.2. The molecule has 4 aliphatic carbocycles. The van der Waals surface area contributed by atoms with Crippen molar-refractivity contribution in [1.82, 2.24) is 15.6 Å². The van der Waals surface area contributed by atoms with Crippen LogP contribution in [0.2, 0.25) is 0 Å². The highest BCUT2D eigenvalue weighted by Gasteiger charge is 2.52. The van der Waals surface area contributed by atoms with Gasteiger partial charge in [0, 0.05) is 29.9 Å². The van der Waals surface area contributed by atoms with Crippen molar-refractivity contribution < 1.29 is 4.79 Å². The van der Waals surface area contributed by atoms with Crippen LogP contribution in [0, 0.1) is 17.8 Å². The Balaban J connectivity index is 1.22. The molecule has 0 unspecified atom stereocenters. The minimum Gasteiger partial charge on any atom is -0.372 e. The Hall–Kier alpha value is -2.63. The molecule has 1 amide bonds. The average Bonchev–Trinajstić information content (AvgIpc) is 3.26. The second kappa shape index (κ2) is 8.13. The molecule has 4 aliphatic rings. The second-order valence-electron chi connectivity index (χ2n) is 9.83. The lowest BCUT2D eigenvalue weighted by Gasteiger charge is -2.56. The average molecular weight is 420 g/mol. The lowest BCUT2D eigenvalue weighted by atomic mass is 9.49. The van der Waals surface area contributed by atoms with E-state index in [-0.39, 0.29) is 11.3 Å². The molecule has 0 spiro atoms. The zero-order valence-electron chi connectivity index (χ0n) is 18.6. The van der Waals surface area contributed by atoms with Crippen molar-refractivity contribution in [1.29, 1.82) is 0 Å². The highest BCUT2D eigenvalue weighted by Crippen LogP contribution is 2.60. The molecule has 0 aliphatic heterocycles. The van der Waals surface area contributed by atoms with Gasteiger partial charge in [-0.3, -0.25) is 9.89 Å². The van der Waals surface area contributed by atoms with Gasteiger partial charge in [0.2, 0.25) is 0 Å². The summed E-state index contributed by atoms with van der Waals surface area (Å²) in [6.07, 6.45) is 9.66. The molecule has 6 heteroatoms. The van der Waals surface area contributed by atoms with E-state index in [4.69, 9.17) is 0 Å². The normalized spacial score (nSPS) is 28.9. The lowest BCUT2D eigenvalue weighted by molar-refractivity contribution is -0.00721. The van der Waals surface area contributed by atoms with Crippen LogP contribution in [0.4, 0.5) is 5.69 Å². The summed E-state index contributed by atoms with van der Waals surface area (Å²) in [5.41, 5.74) is 6.59. The standard InChI is InChI=1S/C25H33N5O/c1-3-30(4-2)21-7-5-17(6-8-21)16-26-29-24(31)22-12-23(28-27-22)25-13-18-9-19(14-25)11-20(10-18)15-25/h5-8,12,16,18-20H,3-4,9-11,13-15H2,1-2H3,(H,27,28)(H,29,31)/b26-16-.